The lowest BCUT2D eigenvalue weighted by molar-refractivity contribution is 0.402. The molecule has 0 saturated heterocycles. The molecular weight excluding hydrogens is 194 g/mol. The van der Waals surface area contributed by atoms with Gasteiger partial charge in [0.2, 0.25) is 0 Å². The third kappa shape index (κ3) is 15.6. The second kappa shape index (κ2) is 12.3. The summed E-state index contributed by atoms with van der Waals surface area (Å²) in [7, 11) is 4.15. The molecule has 0 N–H and O–H groups in total. The lowest BCUT2D eigenvalue weighted by atomic mass is 10.2. The molecule has 0 unspecified atom stereocenters. The summed E-state index contributed by atoms with van der Waals surface area (Å²) in [5.74, 6) is 0.833. The molecule has 1 nitrogen and oxygen atoms in total. The molecule has 0 aromatic heterocycles. The third-order valence-corrected chi connectivity index (χ3v) is 1.34. The highest BCUT2D eigenvalue weighted by molar-refractivity contribution is 5.14. The molecule has 0 saturated carbocycles. The minimum atomic E-state index is 0.833. The fourth-order valence-corrected chi connectivity index (χ4v) is 0.949. The topological polar surface area (TPSA) is 3.24 Å². The van der Waals surface area contributed by atoms with Gasteiger partial charge in [0.05, 0.1) is 0 Å². The molecular formula is C15H29N. The number of rotatable bonds is 2. The van der Waals surface area contributed by atoms with Gasteiger partial charge >= 0.3 is 0 Å². The van der Waals surface area contributed by atoms with Crippen LogP contribution in [0.2, 0.25) is 0 Å². The van der Waals surface area contributed by atoms with E-state index in [1.165, 1.54) is 5.56 Å². The van der Waals surface area contributed by atoms with Gasteiger partial charge in [0.15, 0.2) is 0 Å². The average molecular weight is 223 g/mol. The van der Waals surface area contributed by atoms with E-state index in [4.69, 9.17) is 0 Å². The van der Waals surface area contributed by atoms with Crippen LogP contribution in [-0.4, -0.2) is 19.0 Å². The van der Waals surface area contributed by atoms with Gasteiger partial charge in [0.25, 0.3) is 0 Å². The van der Waals surface area contributed by atoms with Gasteiger partial charge in [-0.05, 0) is 25.6 Å². The predicted octanol–water partition coefficient (Wildman–Crippen LogP) is 4.44. The summed E-state index contributed by atoms with van der Waals surface area (Å²) in [6.45, 7) is 11.5. The Labute approximate surface area is 102 Å². The molecule has 0 heterocycles. The van der Waals surface area contributed by atoms with Crippen LogP contribution in [0.25, 0.3) is 0 Å². The Morgan fingerprint density at radius 1 is 0.938 bits per heavy atom. The molecule has 1 aromatic carbocycles. The third-order valence-electron chi connectivity index (χ3n) is 1.34. The SMILES string of the molecule is CC.CC(C)C.CN(C)Cc1ccccc1. The first-order valence-corrected chi connectivity index (χ1v) is 6.21. The average Bonchev–Trinajstić information content (AvgIpc) is 2.20. The Morgan fingerprint density at radius 3 is 1.62 bits per heavy atom. The van der Waals surface area contributed by atoms with Crippen LogP contribution in [0.3, 0.4) is 0 Å². The summed E-state index contributed by atoms with van der Waals surface area (Å²) >= 11 is 0. The molecule has 1 rings (SSSR count). The fraction of sp³-hybridized carbons (Fsp3) is 0.600. The van der Waals surface area contributed by atoms with Crippen molar-refractivity contribution in [3.63, 3.8) is 0 Å². The lowest BCUT2D eigenvalue weighted by Crippen LogP contribution is -2.10. The van der Waals surface area contributed by atoms with Gasteiger partial charge in [0, 0.05) is 6.54 Å². The Bertz CT molecular complexity index is 211. The van der Waals surface area contributed by atoms with Gasteiger partial charge in [-0.3, -0.25) is 0 Å². The van der Waals surface area contributed by atoms with E-state index in [1.807, 2.05) is 19.9 Å². The monoisotopic (exact) mass is 223 g/mol. The molecule has 0 amide bonds. The zero-order valence-electron chi connectivity index (χ0n) is 12.1. The second-order valence-electron chi connectivity index (χ2n) is 4.46. The quantitative estimate of drug-likeness (QED) is 0.716. The Hall–Kier alpha value is -0.820. The van der Waals surface area contributed by atoms with E-state index >= 15 is 0 Å². The van der Waals surface area contributed by atoms with Crippen LogP contribution in [0.15, 0.2) is 30.3 Å². The molecule has 0 spiro atoms. The Balaban J connectivity index is 0. The molecule has 0 fully saturated rings. The molecule has 0 radical (unpaired) electrons. The van der Waals surface area contributed by atoms with E-state index in [1.54, 1.807) is 0 Å². The zero-order valence-corrected chi connectivity index (χ0v) is 12.1. The largest absolute Gasteiger partial charge is 0.305 e. The van der Waals surface area contributed by atoms with Crippen molar-refractivity contribution in [3.05, 3.63) is 35.9 Å². The van der Waals surface area contributed by atoms with Crippen LogP contribution in [-0.2, 0) is 6.54 Å². The zero-order chi connectivity index (χ0) is 13.0. The minimum Gasteiger partial charge on any atom is -0.305 e. The van der Waals surface area contributed by atoms with E-state index in [-0.39, 0.29) is 0 Å². The first kappa shape index (κ1) is 17.6. The fourth-order valence-electron chi connectivity index (χ4n) is 0.949. The Kier molecular flexibility index (Phi) is 13.5. The van der Waals surface area contributed by atoms with Gasteiger partial charge < -0.3 is 4.90 Å². The molecule has 0 aliphatic carbocycles. The standard InChI is InChI=1S/C9H13N.C4H10.C2H6/c1-10(2)8-9-6-4-3-5-7-9;1-4(2)3;1-2/h3-7H,8H2,1-2H3;4H,1-3H3;1-2H3. The van der Waals surface area contributed by atoms with Crippen LogP contribution in [0, 0.1) is 5.92 Å². The maximum atomic E-state index is 2.17. The minimum absolute atomic E-state index is 0.833. The molecule has 16 heavy (non-hydrogen) atoms. The summed E-state index contributed by atoms with van der Waals surface area (Å²) in [4.78, 5) is 2.16. The van der Waals surface area contributed by atoms with Crippen molar-refractivity contribution in [3.8, 4) is 0 Å². The van der Waals surface area contributed by atoms with Crippen LogP contribution < -0.4 is 0 Å². The predicted molar refractivity (Wildman–Crippen MR) is 75.7 cm³/mol. The summed E-state index contributed by atoms with van der Waals surface area (Å²) in [5.41, 5.74) is 1.37. The number of nitrogens with zero attached hydrogens (tertiary/aromatic N) is 1. The van der Waals surface area contributed by atoms with E-state index in [9.17, 15) is 0 Å². The molecule has 0 aliphatic rings. The van der Waals surface area contributed by atoms with Crippen molar-refractivity contribution >= 4 is 0 Å². The van der Waals surface area contributed by atoms with Crippen LogP contribution >= 0.6 is 0 Å². The van der Waals surface area contributed by atoms with Crippen molar-refractivity contribution in [2.75, 3.05) is 14.1 Å². The van der Waals surface area contributed by atoms with Crippen LogP contribution in [0.1, 0.15) is 40.2 Å². The van der Waals surface area contributed by atoms with Gasteiger partial charge in [-0.1, -0.05) is 65.0 Å². The maximum Gasteiger partial charge on any atom is 0.0227 e. The highest BCUT2D eigenvalue weighted by Gasteiger charge is 1.90. The van der Waals surface area contributed by atoms with E-state index in [2.05, 4.69) is 64.0 Å². The van der Waals surface area contributed by atoms with E-state index in [0.717, 1.165) is 12.5 Å². The van der Waals surface area contributed by atoms with Crippen molar-refractivity contribution in [1.29, 1.82) is 0 Å². The summed E-state index contributed by atoms with van der Waals surface area (Å²) < 4.78 is 0. The number of hydrogen-bond acceptors (Lipinski definition) is 1. The first-order valence-electron chi connectivity index (χ1n) is 6.21. The van der Waals surface area contributed by atoms with Gasteiger partial charge in [-0.25, -0.2) is 0 Å². The lowest BCUT2D eigenvalue weighted by Gasteiger charge is -2.08. The van der Waals surface area contributed by atoms with Crippen molar-refractivity contribution in [2.24, 2.45) is 5.92 Å². The van der Waals surface area contributed by atoms with Gasteiger partial charge in [-0.2, -0.15) is 0 Å². The normalized spacial score (nSPS) is 9.06. The van der Waals surface area contributed by atoms with Gasteiger partial charge in [0.1, 0.15) is 0 Å². The molecule has 0 bridgehead atoms. The molecule has 94 valence electrons. The molecule has 1 aromatic rings. The molecule has 0 atom stereocenters. The van der Waals surface area contributed by atoms with E-state index in [0.29, 0.717) is 0 Å². The van der Waals surface area contributed by atoms with Crippen molar-refractivity contribution in [2.45, 2.75) is 41.2 Å². The summed E-state index contributed by atoms with van der Waals surface area (Å²) in [6, 6.07) is 10.5. The highest BCUT2D eigenvalue weighted by atomic mass is 15.0. The summed E-state index contributed by atoms with van der Waals surface area (Å²) in [6.07, 6.45) is 0. The summed E-state index contributed by atoms with van der Waals surface area (Å²) in [5, 5.41) is 0. The van der Waals surface area contributed by atoms with Gasteiger partial charge in [-0.15, -0.1) is 0 Å². The molecule has 0 aliphatic heterocycles. The highest BCUT2D eigenvalue weighted by Crippen LogP contribution is 1.99. The number of hydrogen-bond donors (Lipinski definition) is 0. The Morgan fingerprint density at radius 2 is 1.31 bits per heavy atom. The first-order chi connectivity index (χ1) is 7.52. The van der Waals surface area contributed by atoms with E-state index < -0.39 is 0 Å². The van der Waals surface area contributed by atoms with Crippen molar-refractivity contribution < 1.29 is 0 Å². The number of benzene rings is 1. The van der Waals surface area contributed by atoms with Crippen LogP contribution in [0.4, 0.5) is 0 Å². The maximum absolute atomic E-state index is 2.17. The van der Waals surface area contributed by atoms with Crippen LogP contribution in [0.5, 0.6) is 0 Å². The van der Waals surface area contributed by atoms with Crippen molar-refractivity contribution in [1.82, 2.24) is 4.90 Å². The second-order valence-corrected chi connectivity index (χ2v) is 4.46. The molecule has 1 heteroatoms. The smallest absolute Gasteiger partial charge is 0.0227 e.